The number of para-hydroxylation sites is 1. The van der Waals surface area contributed by atoms with Crippen LogP contribution >= 0.6 is 0 Å². The molecule has 0 saturated heterocycles. The molecule has 3 aromatic rings. The number of anilines is 1. The van der Waals surface area contributed by atoms with E-state index in [0.29, 0.717) is 5.56 Å². The van der Waals surface area contributed by atoms with E-state index in [1.807, 2.05) is 54.6 Å². The molecule has 4 rings (SSSR count). The first-order valence-electron chi connectivity index (χ1n) is 8.84. The Morgan fingerprint density at radius 3 is 2.84 bits per heavy atom. The molecular weight excluding hydrogens is 312 g/mol. The fourth-order valence-corrected chi connectivity index (χ4v) is 3.76. The van der Waals surface area contributed by atoms with Crippen molar-refractivity contribution in [3.05, 3.63) is 52.8 Å². The summed E-state index contributed by atoms with van der Waals surface area (Å²) in [5, 5.41) is 5.44. The van der Waals surface area contributed by atoms with E-state index in [9.17, 15) is 4.79 Å². The van der Waals surface area contributed by atoms with Crippen molar-refractivity contribution in [1.29, 1.82) is 0 Å². The highest BCUT2D eigenvalue weighted by molar-refractivity contribution is 6.14. The van der Waals surface area contributed by atoms with Crippen molar-refractivity contribution < 1.29 is 4.79 Å². The van der Waals surface area contributed by atoms with Gasteiger partial charge < -0.3 is 4.90 Å². The summed E-state index contributed by atoms with van der Waals surface area (Å²) in [6.45, 7) is 7.41. The quantitative estimate of drug-likeness (QED) is 0.718. The molecule has 1 aliphatic rings. The zero-order chi connectivity index (χ0) is 17.6. The molecule has 0 N–H and O–H groups in total. The van der Waals surface area contributed by atoms with Crippen molar-refractivity contribution in [2.24, 2.45) is 0 Å². The number of benzene rings is 1. The zero-order valence-electron chi connectivity index (χ0n) is 14.9. The third kappa shape index (κ3) is 2.51. The predicted octanol–water partition coefficient (Wildman–Crippen LogP) is 3.66. The average Bonchev–Trinajstić information content (AvgIpc) is 2.95. The summed E-state index contributed by atoms with van der Waals surface area (Å²) in [7, 11) is 0. The topological polar surface area (TPSA) is 51.0 Å². The number of amides is 1. The number of carbonyl (C=O) groups is 1. The first kappa shape index (κ1) is 15.8. The van der Waals surface area contributed by atoms with Crippen LogP contribution in [-0.2, 0) is 13.0 Å². The number of rotatable bonds is 2. The molecule has 2 aromatic heterocycles. The van der Waals surface area contributed by atoms with Gasteiger partial charge in [0.1, 0.15) is 0 Å². The van der Waals surface area contributed by atoms with Crippen molar-refractivity contribution in [3.63, 3.8) is 0 Å². The molecule has 128 valence electrons. The molecule has 0 unspecified atom stereocenters. The molecule has 0 radical (unpaired) electrons. The van der Waals surface area contributed by atoms with Crippen LogP contribution in [0.5, 0.6) is 0 Å². The minimum atomic E-state index is 0.0430. The maximum Gasteiger partial charge on any atom is 0.259 e. The third-order valence-corrected chi connectivity index (χ3v) is 4.89. The number of hydrogen-bond acceptors (Lipinski definition) is 3. The van der Waals surface area contributed by atoms with Crippen LogP contribution in [0.1, 0.15) is 40.7 Å². The van der Waals surface area contributed by atoms with Gasteiger partial charge in [-0.05, 0) is 51.3 Å². The number of hydrogen-bond donors (Lipinski definition) is 0. The fraction of sp³-hybridized carbons (Fsp3) is 0.350. The molecule has 0 saturated carbocycles. The maximum atomic E-state index is 13.4. The molecule has 0 aliphatic carbocycles. The number of carbonyl (C=O) groups excluding carboxylic acids is 1. The summed E-state index contributed by atoms with van der Waals surface area (Å²) >= 11 is 0. The minimum Gasteiger partial charge on any atom is -0.308 e. The lowest BCUT2D eigenvalue weighted by Gasteiger charge is -2.29. The average molecular weight is 334 g/mol. The molecule has 3 heterocycles. The Balaban J connectivity index is 1.88. The second kappa shape index (κ2) is 5.99. The van der Waals surface area contributed by atoms with Crippen LogP contribution in [-0.4, -0.2) is 27.2 Å². The van der Waals surface area contributed by atoms with Crippen molar-refractivity contribution >= 4 is 22.6 Å². The summed E-state index contributed by atoms with van der Waals surface area (Å²) in [6.07, 6.45) is 2.01. The van der Waals surface area contributed by atoms with Gasteiger partial charge in [0.15, 0.2) is 5.65 Å². The molecule has 1 amide bonds. The molecule has 25 heavy (non-hydrogen) atoms. The van der Waals surface area contributed by atoms with Gasteiger partial charge in [0.2, 0.25) is 0 Å². The number of aromatic nitrogens is 3. The summed E-state index contributed by atoms with van der Waals surface area (Å²) in [4.78, 5) is 20.0. The minimum absolute atomic E-state index is 0.0430. The van der Waals surface area contributed by atoms with E-state index in [2.05, 4.69) is 16.1 Å². The van der Waals surface area contributed by atoms with E-state index in [4.69, 9.17) is 0 Å². The van der Waals surface area contributed by atoms with Crippen molar-refractivity contribution in [3.8, 4) is 0 Å². The molecule has 1 aromatic carbocycles. The maximum absolute atomic E-state index is 13.4. The number of aryl methyl sites for hydroxylation is 4. The summed E-state index contributed by atoms with van der Waals surface area (Å²) < 4.78 is 1.87. The standard InChI is InChI=1S/C20H22N4O/c1-4-24-19-18(14(3)22-24)16(12-13(2)21-19)20(25)23-11-7-9-15-8-5-6-10-17(15)23/h5-6,8,10,12H,4,7,9,11H2,1-3H3. The van der Waals surface area contributed by atoms with Crippen LogP contribution < -0.4 is 4.90 Å². The number of fused-ring (bicyclic) bond motifs is 2. The van der Waals surface area contributed by atoms with Crippen molar-refractivity contribution in [2.45, 2.75) is 40.2 Å². The van der Waals surface area contributed by atoms with E-state index in [-0.39, 0.29) is 5.91 Å². The van der Waals surface area contributed by atoms with Crippen molar-refractivity contribution in [1.82, 2.24) is 14.8 Å². The van der Waals surface area contributed by atoms with Gasteiger partial charge in [-0.3, -0.25) is 4.79 Å². The molecule has 5 heteroatoms. The van der Waals surface area contributed by atoms with Gasteiger partial charge >= 0.3 is 0 Å². The Morgan fingerprint density at radius 1 is 1.24 bits per heavy atom. The fourth-order valence-electron chi connectivity index (χ4n) is 3.76. The van der Waals surface area contributed by atoms with Crippen LogP contribution in [0.15, 0.2) is 30.3 Å². The first-order chi connectivity index (χ1) is 12.1. The summed E-state index contributed by atoms with van der Waals surface area (Å²) in [6, 6.07) is 10.1. The van der Waals surface area contributed by atoms with Crippen LogP contribution in [0.25, 0.3) is 11.0 Å². The molecule has 5 nitrogen and oxygen atoms in total. The first-order valence-corrected chi connectivity index (χ1v) is 8.84. The van der Waals surface area contributed by atoms with Gasteiger partial charge in [-0.15, -0.1) is 0 Å². The Labute approximate surface area is 147 Å². The predicted molar refractivity (Wildman–Crippen MR) is 99.1 cm³/mol. The molecule has 0 spiro atoms. The highest BCUT2D eigenvalue weighted by Crippen LogP contribution is 2.30. The van der Waals surface area contributed by atoms with Gasteiger partial charge in [-0.2, -0.15) is 5.10 Å². The SMILES string of the molecule is CCn1nc(C)c2c(C(=O)N3CCCc4ccccc43)cc(C)nc21. The second-order valence-corrected chi connectivity index (χ2v) is 6.60. The Bertz CT molecular complexity index is 973. The van der Waals surface area contributed by atoms with Gasteiger partial charge in [0, 0.05) is 24.5 Å². The van der Waals surface area contributed by atoms with E-state index >= 15 is 0 Å². The summed E-state index contributed by atoms with van der Waals surface area (Å²) in [5.74, 6) is 0.0430. The van der Waals surface area contributed by atoms with Crippen LogP contribution in [0.4, 0.5) is 5.69 Å². The normalized spacial score (nSPS) is 14.0. The Hall–Kier alpha value is -2.69. The number of pyridine rings is 1. The lowest BCUT2D eigenvalue weighted by molar-refractivity contribution is 0.0986. The van der Waals surface area contributed by atoms with E-state index in [0.717, 1.165) is 54.0 Å². The van der Waals surface area contributed by atoms with Crippen molar-refractivity contribution in [2.75, 3.05) is 11.4 Å². The van der Waals surface area contributed by atoms with Crippen LogP contribution in [0.3, 0.4) is 0 Å². The second-order valence-electron chi connectivity index (χ2n) is 6.60. The Morgan fingerprint density at radius 2 is 2.04 bits per heavy atom. The highest BCUT2D eigenvalue weighted by atomic mass is 16.2. The summed E-state index contributed by atoms with van der Waals surface area (Å²) in [5.41, 5.74) is 5.48. The molecular formula is C20H22N4O. The highest BCUT2D eigenvalue weighted by Gasteiger charge is 2.26. The third-order valence-electron chi connectivity index (χ3n) is 4.89. The van der Waals surface area contributed by atoms with Gasteiger partial charge in [0.05, 0.1) is 16.6 Å². The van der Waals surface area contributed by atoms with Gasteiger partial charge in [-0.25, -0.2) is 9.67 Å². The zero-order valence-corrected chi connectivity index (χ0v) is 14.9. The molecule has 0 fully saturated rings. The Kier molecular flexibility index (Phi) is 3.79. The van der Waals surface area contributed by atoms with E-state index < -0.39 is 0 Å². The monoisotopic (exact) mass is 334 g/mol. The number of nitrogens with zero attached hydrogens (tertiary/aromatic N) is 4. The van der Waals surface area contributed by atoms with Crippen LogP contribution in [0.2, 0.25) is 0 Å². The van der Waals surface area contributed by atoms with E-state index in [1.165, 1.54) is 5.56 Å². The van der Waals surface area contributed by atoms with Gasteiger partial charge in [0.25, 0.3) is 5.91 Å². The van der Waals surface area contributed by atoms with E-state index in [1.54, 1.807) is 0 Å². The molecule has 1 aliphatic heterocycles. The molecule has 0 atom stereocenters. The lowest BCUT2D eigenvalue weighted by Crippen LogP contribution is -2.35. The molecule has 0 bridgehead atoms. The van der Waals surface area contributed by atoms with Gasteiger partial charge in [-0.1, -0.05) is 18.2 Å². The largest absolute Gasteiger partial charge is 0.308 e. The smallest absolute Gasteiger partial charge is 0.259 e. The lowest BCUT2D eigenvalue weighted by atomic mass is 10.00. The van der Waals surface area contributed by atoms with Crippen LogP contribution in [0, 0.1) is 13.8 Å².